The summed E-state index contributed by atoms with van der Waals surface area (Å²) in [5, 5.41) is 3.65. The van der Waals surface area contributed by atoms with Crippen LogP contribution in [0.4, 0.5) is 4.79 Å². The van der Waals surface area contributed by atoms with E-state index in [2.05, 4.69) is 48.8 Å². The molecule has 0 radical (unpaired) electrons. The maximum Gasteiger partial charge on any atom is 0.317 e. The van der Waals surface area contributed by atoms with Crippen LogP contribution in [-0.4, -0.2) is 78.5 Å². The highest BCUT2D eigenvalue weighted by molar-refractivity contribution is 7.80. The molecule has 0 aromatic heterocycles. The lowest BCUT2D eigenvalue weighted by atomic mass is 9.87. The van der Waals surface area contributed by atoms with Gasteiger partial charge >= 0.3 is 6.03 Å². The van der Waals surface area contributed by atoms with Gasteiger partial charge in [0.25, 0.3) is 0 Å². The van der Waals surface area contributed by atoms with Crippen LogP contribution in [0.15, 0.2) is 0 Å². The number of hydrogen-bond acceptors (Lipinski definition) is 4. The highest BCUT2D eigenvalue weighted by Gasteiger charge is 2.38. The normalized spacial score (nSPS) is 24.3. The molecule has 0 aliphatic carbocycles. The van der Waals surface area contributed by atoms with Crippen LogP contribution in [-0.2, 0) is 0 Å². The summed E-state index contributed by atoms with van der Waals surface area (Å²) in [6, 6.07) is 0.127. The number of thiol groups is 1. The number of carbonyl (C=O) groups excluding carboxylic acids is 1. The van der Waals surface area contributed by atoms with E-state index in [1.54, 1.807) is 0 Å². The van der Waals surface area contributed by atoms with E-state index in [0.29, 0.717) is 0 Å². The van der Waals surface area contributed by atoms with Gasteiger partial charge in [-0.3, -0.25) is 4.90 Å². The van der Waals surface area contributed by atoms with Gasteiger partial charge in [0.05, 0.1) is 5.54 Å². The van der Waals surface area contributed by atoms with Crippen molar-refractivity contribution in [2.45, 2.75) is 43.5 Å². The van der Waals surface area contributed by atoms with Crippen molar-refractivity contribution >= 4 is 18.7 Å². The molecule has 1 atom stereocenters. The minimum atomic E-state index is -0.0949. The Morgan fingerprint density at radius 2 is 1.81 bits per heavy atom. The van der Waals surface area contributed by atoms with Crippen LogP contribution < -0.4 is 5.32 Å². The number of hydrogen-bond donors (Lipinski definition) is 2. The van der Waals surface area contributed by atoms with E-state index in [1.165, 1.54) is 0 Å². The number of likely N-dealkylation sites (tertiary alicyclic amines) is 2. The van der Waals surface area contributed by atoms with Crippen LogP contribution in [0.25, 0.3) is 0 Å². The molecule has 6 heteroatoms. The summed E-state index contributed by atoms with van der Waals surface area (Å²) >= 11 is 4.53. The molecule has 0 spiro atoms. The molecule has 0 aromatic rings. The van der Waals surface area contributed by atoms with Gasteiger partial charge < -0.3 is 15.1 Å². The molecule has 1 N–H and O–H groups in total. The number of rotatable bonds is 4. The van der Waals surface area contributed by atoms with Gasteiger partial charge in [0.1, 0.15) is 0 Å². The molecule has 2 aliphatic rings. The van der Waals surface area contributed by atoms with Gasteiger partial charge in [-0.15, -0.1) is 0 Å². The zero-order chi connectivity index (χ0) is 15.5. The molecule has 0 aromatic carbocycles. The molecular formula is C15H30N4OS. The van der Waals surface area contributed by atoms with E-state index in [9.17, 15) is 4.79 Å². The summed E-state index contributed by atoms with van der Waals surface area (Å²) in [6.45, 7) is 6.83. The zero-order valence-electron chi connectivity index (χ0n) is 13.6. The fourth-order valence-electron chi connectivity index (χ4n) is 3.48. The molecule has 0 saturated carbocycles. The first-order valence-corrected chi connectivity index (χ1v) is 8.57. The fourth-order valence-corrected chi connectivity index (χ4v) is 3.71. The SMILES string of the molecule is CC(S)N1CCC(CN(C)C)(NC(=O)N2CCCC2)CC1. The Bertz CT molecular complexity index is 348. The van der Waals surface area contributed by atoms with Crippen molar-refractivity contribution in [2.75, 3.05) is 46.8 Å². The van der Waals surface area contributed by atoms with Gasteiger partial charge in [-0.25, -0.2) is 4.79 Å². The third kappa shape index (κ3) is 4.50. The molecule has 122 valence electrons. The average Bonchev–Trinajstić information content (AvgIpc) is 2.92. The Morgan fingerprint density at radius 3 is 2.29 bits per heavy atom. The van der Waals surface area contributed by atoms with Crippen molar-refractivity contribution in [3.05, 3.63) is 0 Å². The molecule has 0 bridgehead atoms. The predicted octanol–water partition coefficient (Wildman–Crippen LogP) is 1.46. The van der Waals surface area contributed by atoms with Gasteiger partial charge in [0, 0.05) is 38.1 Å². The number of amides is 2. The Hall–Kier alpha value is -0.460. The monoisotopic (exact) mass is 314 g/mol. The lowest BCUT2D eigenvalue weighted by Gasteiger charge is -2.45. The summed E-state index contributed by atoms with van der Waals surface area (Å²) < 4.78 is 0. The Kier molecular flexibility index (Phi) is 5.80. The molecular weight excluding hydrogens is 284 g/mol. The first-order chi connectivity index (χ1) is 9.92. The Balaban J connectivity index is 1.98. The van der Waals surface area contributed by atoms with Crippen molar-refractivity contribution in [2.24, 2.45) is 0 Å². The largest absolute Gasteiger partial charge is 0.331 e. The van der Waals surface area contributed by atoms with Crippen molar-refractivity contribution in [1.82, 2.24) is 20.0 Å². The molecule has 21 heavy (non-hydrogen) atoms. The average molecular weight is 314 g/mol. The van der Waals surface area contributed by atoms with Crippen LogP contribution in [0.5, 0.6) is 0 Å². The minimum absolute atomic E-state index is 0.0949. The molecule has 2 fully saturated rings. The van der Waals surface area contributed by atoms with Crippen LogP contribution >= 0.6 is 12.6 Å². The van der Waals surface area contributed by atoms with Gasteiger partial charge in [-0.2, -0.15) is 12.6 Å². The first-order valence-electron chi connectivity index (χ1n) is 8.06. The second kappa shape index (κ2) is 7.20. The third-order valence-corrected chi connectivity index (χ3v) is 4.99. The summed E-state index contributed by atoms with van der Waals surface area (Å²) in [5.41, 5.74) is -0.0949. The van der Waals surface area contributed by atoms with Gasteiger partial charge in [0.2, 0.25) is 0 Å². The van der Waals surface area contributed by atoms with Crippen molar-refractivity contribution in [3.63, 3.8) is 0 Å². The quantitative estimate of drug-likeness (QED) is 0.772. The number of nitrogens with one attached hydrogen (secondary N) is 1. The van der Waals surface area contributed by atoms with E-state index in [1.807, 2.05) is 4.90 Å². The molecule has 5 nitrogen and oxygen atoms in total. The van der Waals surface area contributed by atoms with Gasteiger partial charge in [-0.1, -0.05) is 0 Å². The molecule has 2 amide bonds. The van der Waals surface area contributed by atoms with Crippen LogP contribution in [0.3, 0.4) is 0 Å². The summed E-state index contributed by atoms with van der Waals surface area (Å²) in [7, 11) is 4.16. The third-order valence-electron chi connectivity index (χ3n) is 4.67. The zero-order valence-corrected chi connectivity index (χ0v) is 14.5. The molecule has 2 aliphatic heterocycles. The highest BCUT2D eigenvalue weighted by Crippen LogP contribution is 2.26. The van der Waals surface area contributed by atoms with Crippen LogP contribution in [0, 0.1) is 0 Å². The fraction of sp³-hybridized carbons (Fsp3) is 0.933. The second-order valence-electron chi connectivity index (χ2n) is 6.81. The summed E-state index contributed by atoms with van der Waals surface area (Å²) in [6.07, 6.45) is 4.27. The molecule has 2 heterocycles. The van der Waals surface area contributed by atoms with E-state index in [-0.39, 0.29) is 16.9 Å². The van der Waals surface area contributed by atoms with Crippen molar-refractivity contribution in [1.29, 1.82) is 0 Å². The highest BCUT2D eigenvalue weighted by atomic mass is 32.1. The lowest BCUT2D eigenvalue weighted by Crippen LogP contribution is -2.62. The Labute approximate surface area is 134 Å². The molecule has 1 unspecified atom stereocenters. The second-order valence-corrected chi connectivity index (χ2v) is 7.56. The first kappa shape index (κ1) is 16.9. The number of urea groups is 1. The minimum Gasteiger partial charge on any atom is -0.331 e. The smallest absolute Gasteiger partial charge is 0.317 e. The van der Waals surface area contributed by atoms with Crippen molar-refractivity contribution < 1.29 is 4.79 Å². The summed E-state index contributed by atoms with van der Waals surface area (Å²) in [4.78, 5) is 19.0. The lowest BCUT2D eigenvalue weighted by molar-refractivity contribution is 0.105. The van der Waals surface area contributed by atoms with Gasteiger partial charge in [0.15, 0.2) is 0 Å². The Morgan fingerprint density at radius 1 is 1.24 bits per heavy atom. The standard InChI is InChI=1S/C15H30N4OS/c1-13(21)18-10-6-15(7-11-18,12-17(2)3)16-14(20)19-8-4-5-9-19/h13,21H,4-12H2,1-3H3,(H,16,20). The number of nitrogens with zero attached hydrogens (tertiary/aromatic N) is 3. The van der Waals surface area contributed by atoms with Crippen molar-refractivity contribution in [3.8, 4) is 0 Å². The van der Waals surface area contributed by atoms with E-state index in [0.717, 1.165) is 58.4 Å². The molecule has 2 saturated heterocycles. The molecule has 2 rings (SSSR count). The van der Waals surface area contributed by atoms with E-state index >= 15 is 0 Å². The predicted molar refractivity (Wildman–Crippen MR) is 89.9 cm³/mol. The number of piperidine rings is 1. The maximum atomic E-state index is 12.5. The number of carbonyl (C=O) groups is 1. The van der Waals surface area contributed by atoms with Gasteiger partial charge in [-0.05, 0) is 46.7 Å². The topological polar surface area (TPSA) is 38.8 Å². The maximum absolute atomic E-state index is 12.5. The number of likely N-dealkylation sites (N-methyl/N-ethyl adjacent to an activating group) is 1. The van der Waals surface area contributed by atoms with Crippen LogP contribution in [0.2, 0.25) is 0 Å². The van der Waals surface area contributed by atoms with Crippen LogP contribution in [0.1, 0.15) is 32.6 Å². The van der Waals surface area contributed by atoms with E-state index in [4.69, 9.17) is 0 Å². The summed E-state index contributed by atoms with van der Waals surface area (Å²) in [5.74, 6) is 0. The van der Waals surface area contributed by atoms with E-state index < -0.39 is 0 Å².